The number of carbonyl (C=O) groups excluding carboxylic acids is 1. The van der Waals surface area contributed by atoms with Crippen LogP contribution in [0, 0.1) is 0 Å². The highest BCUT2D eigenvalue weighted by Gasteiger charge is 2.58. The normalized spacial score (nSPS) is 26.8. The second-order valence-corrected chi connectivity index (χ2v) is 7.36. The van der Waals surface area contributed by atoms with E-state index in [4.69, 9.17) is 0 Å². The van der Waals surface area contributed by atoms with Crippen molar-refractivity contribution in [1.29, 1.82) is 0 Å². The summed E-state index contributed by atoms with van der Waals surface area (Å²) in [7, 11) is -3.00. The van der Waals surface area contributed by atoms with E-state index in [9.17, 15) is 13.2 Å². The Morgan fingerprint density at radius 2 is 2.06 bits per heavy atom. The Hall–Kier alpha value is -0.620. The highest BCUT2D eigenvalue weighted by atomic mass is 32.2. The maximum atomic E-state index is 12.1. The van der Waals surface area contributed by atoms with E-state index in [1.54, 1.807) is 11.8 Å². The van der Waals surface area contributed by atoms with Crippen LogP contribution in [0.2, 0.25) is 0 Å². The predicted octanol–water partition coefficient (Wildman–Crippen LogP) is 0.122. The number of nitrogens with one attached hydrogen (secondary N) is 1. The van der Waals surface area contributed by atoms with Crippen molar-refractivity contribution < 1.29 is 13.2 Å². The molecule has 2 fully saturated rings. The van der Waals surface area contributed by atoms with Gasteiger partial charge in [-0.15, -0.1) is 0 Å². The summed E-state index contributed by atoms with van der Waals surface area (Å²) in [6.45, 7) is 3.97. The molecule has 98 valence electrons. The standard InChI is InChI=1S/C11H20N2O3S/c1-3-9-12-11(5-6-11)10(14)13(9)7-8-17(15,16)4-2/h9,12H,3-8H2,1-2H3. The molecular formula is C11H20N2O3S. The third-order valence-electron chi connectivity index (χ3n) is 3.71. The Kier molecular flexibility index (Phi) is 3.20. The summed E-state index contributed by atoms with van der Waals surface area (Å²) in [4.78, 5) is 13.8. The molecule has 0 bridgehead atoms. The zero-order valence-electron chi connectivity index (χ0n) is 10.4. The van der Waals surface area contributed by atoms with Gasteiger partial charge in [-0.1, -0.05) is 13.8 Å². The topological polar surface area (TPSA) is 66.5 Å². The molecule has 0 aromatic carbocycles. The monoisotopic (exact) mass is 260 g/mol. The lowest BCUT2D eigenvalue weighted by Crippen LogP contribution is -2.39. The molecule has 1 N–H and O–H groups in total. The minimum atomic E-state index is -3.00. The van der Waals surface area contributed by atoms with Gasteiger partial charge in [-0.3, -0.25) is 10.1 Å². The quantitative estimate of drug-likeness (QED) is 0.762. The zero-order chi connectivity index (χ0) is 12.7. The van der Waals surface area contributed by atoms with Gasteiger partial charge in [-0.25, -0.2) is 8.42 Å². The third-order valence-corrected chi connectivity index (χ3v) is 5.39. The fourth-order valence-corrected chi connectivity index (χ4v) is 3.08. The number of nitrogens with zero attached hydrogens (tertiary/aromatic N) is 1. The van der Waals surface area contributed by atoms with Crippen molar-refractivity contribution in [3.63, 3.8) is 0 Å². The van der Waals surface area contributed by atoms with E-state index >= 15 is 0 Å². The molecule has 0 aromatic heterocycles. The molecule has 1 spiro atoms. The van der Waals surface area contributed by atoms with Crippen molar-refractivity contribution in [2.75, 3.05) is 18.1 Å². The molecule has 1 aliphatic heterocycles. The molecule has 2 rings (SSSR count). The third kappa shape index (κ3) is 2.33. The number of carbonyl (C=O) groups is 1. The number of amides is 1. The summed E-state index contributed by atoms with van der Waals surface area (Å²) >= 11 is 0. The predicted molar refractivity (Wildman–Crippen MR) is 65.2 cm³/mol. The first-order valence-corrected chi connectivity index (χ1v) is 8.05. The number of hydrogen-bond donors (Lipinski definition) is 1. The molecule has 2 aliphatic rings. The van der Waals surface area contributed by atoms with E-state index in [-0.39, 0.29) is 29.1 Å². The summed E-state index contributed by atoms with van der Waals surface area (Å²) in [5.41, 5.74) is -0.337. The van der Waals surface area contributed by atoms with Crippen molar-refractivity contribution in [1.82, 2.24) is 10.2 Å². The van der Waals surface area contributed by atoms with E-state index in [1.165, 1.54) is 0 Å². The Balaban J connectivity index is 2.02. The Morgan fingerprint density at radius 1 is 1.41 bits per heavy atom. The summed E-state index contributed by atoms with van der Waals surface area (Å²) in [6.07, 6.45) is 2.61. The van der Waals surface area contributed by atoms with Gasteiger partial charge >= 0.3 is 0 Å². The van der Waals surface area contributed by atoms with E-state index in [0.29, 0.717) is 6.54 Å². The number of sulfone groups is 1. The van der Waals surface area contributed by atoms with Gasteiger partial charge in [0.1, 0.15) is 0 Å². The summed E-state index contributed by atoms with van der Waals surface area (Å²) < 4.78 is 23.0. The Labute approximate surface area is 102 Å². The molecule has 1 saturated heterocycles. The van der Waals surface area contributed by atoms with Crippen LogP contribution in [-0.2, 0) is 14.6 Å². The molecule has 1 heterocycles. The molecule has 1 aliphatic carbocycles. The van der Waals surface area contributed by atoms with Crippen LogP contribution in [0.15, 0.2) is 0 Å². The van der Waals surface area contributed by atoms with Crippen LogP contribution in [0.1, 0.15) is 33.1 Å². The van der Waals surface area contributed by atoms with Gasteiger partial charge in [0.15, 0.2) is 9.84 Å². The molecule has 1 atom stereocenters. The smallest absolute Gasteiger partial charge is 0.244 e. The van der Waals surface area contributed by atoms with Crippen LogP contribution in [0.25, 0.3) is 0 Å². The number of hydrogen-bond acceptors (Lipinski definition) is 4. The van der Waals surface area contributed by atoms with E-state index < -0.39 is 9.84 Å². The number of rotatable bonds is 5. The minimum Gasteiger partial charge on any atom is -0.325 e. The van der Waals surface area contributed by atoms with Gasteiger partial charge < -0.3 is 4.90 Å². The second kappa shape index (κ2) is 4.24. The molecule has 0 aromatic rings. The van der Waals surface area contributed by atoms with Crippen molar-refractivity contribution in [3.8, 4) is 0 Å². The van der Waals surface area contributed by atoms with Gasteiger partial charge in [0.2, 0.25) is 5.91 Å². The van der Waals surface area contributed by atoms with E-state index in [0.717, 1.165) is 19.3 Å². The fraction of sp³-hybridized carbons (Fsp3) is 0.909. The Morgan fingerprint density at radius 3 is 2.53 bits per heavy atom. The summed E-state index contributed by atoms with van der Waals surface area (Å²) in [5, 5.41) is 3.33. The van der Waals surface area contributed by atoms with Crippen molar-refractivity contribution in [3.05, 3.63) is 0 Å². The zero-order valence-corrected chi connectivity index (χ0v) is 11.2. The van der Waals surface area contributed by atoms with Crippen LogP contribution >= 0.6 is 0 Å². The largest absolute Gasteiger partial charge is 0.325 e. The molecule has 17 heavy (non-hydrogen) atoms. The lowest BCUT2D eigenvalue weighted by molar-refractivity contribution is -0.130. The SMILES string of the molecule is CCC1NC2(CC2)C(=O)N1CCS(=O)(=O)CC. The van der Waals surface area contributed by atoms with Crippen LogP contribution in [0.5, 0.6) is 0 Å². The van der Waals surface area contributed by atoms with Crippen molar-refractivity contribution >= 4 is 15.7 Å². The lowest BCUT2D eigenvalue weighted by atomic mass is 10.3. The molecule has 1 unspecified atom stereocenters. The maximum Gasteiger partial charge on any atom is 0.244 e. The molecule has 1 saturated carbocycles. The van der Waals surface area contributed by atoms with Crippen molar-refractivity contribution in [2.24, 2.45) is 0 Å². The molecule has 6 heteroatoms. The highest BCUT2D eigenvalue weighted by Crippen LogP contribution is 2.42. The first-order valence-electron chi connectivity index (χ1n) is 6.23. The van der Waals surface area contributed by atoms with Crippen LogP contribution in [0.3, 0.4) is 0 Å². The van der Waals surface area contributed by atoms with Crippen LogP contribution < -0.4 is 5.32 Å². The fourth-order valence-electron chi connectivity index (χ4n) is 2.32. The van der Waals surface area contributed by atoms with Crippen LogP contribution in [-0.4, -0.2) is 49.0 Å². The summed E-state index contributed by atoms with van der Waals surface area (Å²) in [5.74, 6) is 0.309. The summed E-state index contributed by atoms with van der Waals surface area (Å²) in [6, 6.07) is 0. The van der Waals surface area contributed by atoms with Gasteiger partial charge in [0.05, 0.1) is 17.5 Å². The maximum absolute atomic E-state index is 12.1. The van der Waals surface area contributed by atoms with E-state index in [1.807, 2.05) is 6.92 Å². The van der Waals surface area contributed by atoms with Gasteiger partial charge in [-0.05, 0) is 19.3 Å². The van der Waals surface area contributed by atoms with Gasteiger partial charge in [-0.2, -0.15) is 0 Å². The first kappa shape index (κ1) is 12.8. The average Bonchev–Trinajstić information content (AvgIpc) is 3.02. The minimum absolute atomic E-state index is 0.0112. The first-order chi connectivity index (χ1) is 7.94. The lowest BCUT2D eigenvalue weighted by Gasteiger charge is -2.22. The molecular weight excluding hydrogens is 240 g/mol. The Bertz CT molecular complexity index is 414. The molecule has 0 radical (unpaired) electrons. The highest BCUT2D eigenvalue weighted by molar-refractivity contribution is 7.91. The van der Waals surface area contributed by atoms with Gasteiger partial charge in [0.25, 0.3) is 0 Å². The van der Waals surface area contributed by atoms with E-state index in [2.05, 4.69) is 5.32 Å². The van der Waals surface area contributed by atoms with Crippen molar-refractivity contribution in [2.45, 2.75) is 44.8 Å². The molecule has 5 nitrogen and oxygen atoms in total. The van der Waals surface area contributed by atoms with Crippen LogP contribution in [0.4, 0.5) is 0 Å². The van der Waals surface area contributed by atoms with Gasteiger partial charge in [0, 0.05) is 12.3 Å². The molecule has 1 amide bonds. The second-order valence-electron chi connectivity index (χ2n) is 4.89. The average molecular weight is 260 g/mol.